The number of aromatic nitrogens is 3. The Morgan fingerprint density at radius 2 is 1.96 bits per heavy atom. The average molecular weight is 353 g/mol. The number of carbonyl (C=O) groups is 2. The molecule has 2 aliphatic heterocycles. The second-order valence-corrected chi connectivity index (χ2v) is 6.95. The molecular weight excluding hydrogens is 330 g/mol. The normalized spacial score (nSPS) is 19.7. The van der Waals surface area contributed by atoms with Crippen LogP contribution in [-0.2, 0) is 13.0 Å². The second kappa shape index (κ2) is 7.27. The topological polar surface area (TPSA) is 80.1 Å². The molecule has 4 heterocycles. The fourth-order valence-electron chi connectivity index (χ4n) is 3.74. The lowest BCUT2D eigenvalue weighted by Gasteiger charge is -2.29. The van der Waals surface area contributed by atoms with Crippen molar-refractivity contribution in [1.29, 1.82) is 0 Å². The molecule has 0 spiro atoms. The Kier molecular flexibility index (Phi) is 4.69. The van der Waals surface area contributed by atoms with Gasteiger partial charge in [0.15, 0.2) is 0 Å². The number of hydrogen-bond donors (Lipinski definition) is 1. The van der Waals surface area contributed by atoms with Crippen molar-refractivity contribution in [2.45, 2.75) is 44.7 Å². The van der Waals surface area contributed by atoms with Crippen LogP contribution in [0.4, 0.5) is 0 Å². The summed E-state index contributed by atoms with van der Waals surface area (Å²) in [6.45, 7) is 2.21. The molecule has 0 radical (unpaired) electrons. The predicted molar refractivity (Wildman–Crippen MR) is 95.8 cm³/mol. The Bertz CT molecular complexity index is 796. The van der Waals surface area contributed by atoms with Gasteiger partial charge in [-0.1, -0.05) is 6.07 Å². The van der Waals surface area contributed by atoms with E-state index in [2.05, 4.69) is 15.3 Å². The maximum Gasteiger partial charge on any atom is 0.272 e. The van der Waals surface area contributed by atoms with E-state index in [1.807, 2.05) is 9.47 Å². The van der Waals surface area contributed by atoms with Crippen LogP contribution in [0.25, 0.3) is 0 Å². The van der Waals surface area contributed by atoms with Gasteiger partial charge < -0.3 is 14.8 Å². The fourth-order valence-corrected chi connectivity index (χ4v) is 3.74. The highest BCUT2D eigenvalue weighted by Gasteiger charge is 2.28. The molecule has 2 aromatic heterocycles. The highest BCUT2D eigenvalue weighted by Crippen LogP contribution is 2.20. The molecule has 0 aromatic carbocycles. The van der Waals surface area contributed by atoms with Crippen LogP contribution < -0.4 is 5.32 Å². The maximum atomic E-state index is 12.9. The van der Waals surface area contributed by atoms with Crippen molar-refractivity contribution in [2.24, 2.45) is 0 Å². The van der Waals surface area contributed by atoms with Crippen molar-refractivity contribution in [2.75, 3.05) is 13.1 Å². The molecule has 7 nitrogen and oxygen atoms in total. The largest absolute Gasteiger partial charge is 0.346 e. The minimum absolute atomic E-state index is 0.0286. The number of carbonyl (C=O) groups excluding carboxylic acids is 2. The highest BCUT2D eigenvalue weighted by atomic mass is 16.2. The summed E-state index contributed by atoms with van der Waals surface area (Å²) < 4.78 is 1.98. The molecule has 1 unspecified atom stereocenters. The van der Waals surface area contributed by atoms with Gasteiger partial charge >= 0.3 is 0 Å². The van der Waals surface area contributed by atoms with Gasteiger partial charge in [0, 0.05) is 38.3 Å². The van der Waals surface area contributed by atoms with E-state index in [0.29, 0.717) is 17.9 Å². The zero-order valence-corrected chi connectivity index (χ0v) is 14.7. The number of rotatable bonds is 3. The van der Waals surface area contributed by atoms with Crippen molar-refractivity contribution in [3.05, 3.63) is 47.8 Å². The molecule has 2 amide bonds. The summed E-state index contributed by atoms with van der Waals surface area (Å²) in [5, 5.41) is 3.04. The molecule has 0 aliphatic carbocycles. The first-order chi connectivity index (χ1) is 12.7. The van der Waals surface area contributed by atoms with Gasteiger partial charge in [0.2, 0.25) is 0 Å². The number of fused-ring (bicyclic) bond motifs is 1. The van der Waals surface area contributed by atoms with Gasteiger partial charge in [0.05, 0.1) is 6.20 Å². The molecule has 4 rings (SSSR count). The van der Waals surface area contributed by atoms with Crippen LogP contribution in [0.1, 0.15) is 52.5 Å². The fraction of sp³-hybridized carbons (Fsp3) is 0.474. The quantitative estimate of drug-likeness (QED) is 0.910. The molecule has 1 fully saturated rings. The number of pyridine rings is 1. The van der Waals surface area contributed by atoms with Gasteiger partial charge in [0.1, 0.15) is 17.2 Å². The van der Waals surface area contributed by atoms with Crippen molar-refractivity contribution < 1.29 is 9.59 Å². The minimum atomic E-state index is -0.178. The Hall–Kier alpha value is -2.70. The molecular formula is C19H23N5O2. The van der Waals surface area contributed by atoms with Crippen LogP contribution in [0, 0.1) is 0 Å². The van der Waals surface area contributed by atoms with E-state index in [1.54, 1.807) is 30.6 Å². The third-order valence-electron chi connectivity index (χ3n) is 5.15. The lowest BCUT2D eigenvalue weighted by Crippen LogP contribution is -2.43. The highest BCUT2D eigenvalue weighted by molar-refractivity contribution is 5.93. The first kappa shape index (κ1) is 16.8. The Balaban J connectivity index is 1.47. The average Bonchev–Trinajstić information content (AvgIpc) is 3.12. The number of hydrogen-bond acceptors (Lipinski definition) is 4. The number of nitrogens with one attached hydrogen (secondary N) is 1. The number of likely N-dealkylation sites (tertiary alicyclic amines) is 1. The van der Waals surface area contributed by atoms with Gasteiger partial charge in [-0.2, -0.15) is 0 Å². The number of imidazole rings is 1. The van der Waals surface area contributed by atoms with E-state index < -0.39 is 0 Å². The second-order valence-electron chi connectivity index (χ2n) is 6.95. The summed E-state index contributed by atoms with van der Waals surface area (Å²) in [5.41, 5.74) is 1.05. The Morgan fingerprint density at radius 1 is 1.12 bits per heavy atom. The van der Waals surface area contributed by atoms with Gasteiger partial charge in [-0.3, -0.25) is 14.6 Å². The zero-order chi connectivity index (χ0) is 17.9. The summed E-state index contributed by atoms with van der Waals surface area (Å²) in [5.74, 6) is 0.803. The molecule has 2 aliphatic rings. The molecule has 0 saturated carbocycles. The molecule has 1 atom stereocenters. The summed E-state index contributed by atoms with van der Waals surface area (Å²) in [6, 6.07) is 5.26. The number of piperidine rings is 1. The van der Waals surface area contributed by atoms with E-state index in [1.165, 1.54) is 6.42 Å². The molecule has 7 heteroatoms. The van der Waals surface area contributed by atoms with E-state index in [-0.39, 0.29) is 17.9 Å². The molecule has 2 aromatic rings. The van der Waals surface area contributed by atoms with Gasteiger partial charge in [0.25, 0.3) is 11.8 Å². The summed E-state index contributed by atoms with van der Waals surface area (Å²) >= 11 is 0. The Labute approximate surface area is 152 Å². The summed E-state index contributed by atoms with van der Waals surface area (Å²) in [7, 11) is 0. The first-order valence-electron chi connectivity index (χ1n) is 9.28. The number of amides is 2. The molecule has 136 valence electrons. The number of aryl methyl sites for hydroxylation is 1. The third kappa shape index (κ3) is 3.34. The van der Waals surface area contributed by atoms with Crippen molar-refractivity contribution in [3.63, 3.8) is 0 Å². The van der Waals surface area contributed by atoms with E-state index in [0.717, 1.165) is 44.6 Å². The van der Waals surface area contributed by atoms with E-state index in [9.17, 15) is 9.59 Å². The number of nitrogens with zero attached hydrogens (tertiary/aromatic N) is 4. The van der Waals surface area contributed by atoms with Crippen LogP contribution in [-0.4, -0.2) is 50.4 Å². The van der Waals surface area contributed by atoms with Crippen molar-refractivity contribution in [3.8, 4) is 0 Å². The van der Waals surface area contributed by atoms with Crippen LogP contribution >= 0.6 is 0 Å². The molecule has 1 N–H and O–H groups in total. The van der Waals surface area contributed by atoms with Gasteiger partial charge in [-0.05, 0) is 37.8 Å². The predicted octanol–water partition coefficient (Wildman–Crippen LogP) is 1.65. The van der Waals surface area contributed by atoms with Gasteiger partial charge in [-0.15, -0.1) is 0 Å². The maximum absolute atomic E-state index is 12.9. The lowest BCUT2D eigenvalue weighted by molar-refractivity contribution is 0.0711. The smallest absolute Gasteiger partial charge is 0.272 e. The molecule has 26 heavy (non-hydrogen) atoms. The van der Waals surface area contributed by atoms with E-state index >= 15 is 0 Å². The summed E-state index contributed by atoms with van der Waals surface area (Å²) in [6.07, 6.45) is 8.18. The van der Waals surface area contributed by atoms with Crippen LogP contribution in [0.2, 0.25) is 0 Å². The van der Waals surface area contributed by atoms with Crippen LogP contribution in [0.3, 0.4) is 0 Å². The molecule has 0 bridgehead atoms. The van der Waals surface area contributed by atoms with Crippen molar-refractivity contribution >= 4 is 11.8 Å². The Morgan fingerprint density at radius 3 is 2.73 bits per heavy atom. The lowest BCUT2D eigenvalue weighted by atomic mass is 10.1. The molecule has 1 saturated heterocycles. The summed E-state index contributed by atoms with van der Waals surface area (Å²) in [4.78, 5) is 35.7. The third-order valence-corrected chi connectivity index (χ3v) is 5.15. The van der Waals surface area contributed by atoms with Gasteiger partial charge in [-0.25, -0.2) is 4.98 Å². The minimum Gasteiger partial charge on any atom is -0.346 e. The van der Waals surface area contributed by atoms with Crippen molar-refractivity contribution in [1.82, 2.24) is 24.8 Å². The first-order valence-corrected chi connectivity index (χ1v) is 9.28. The monoisotopic (exact) mass is 353 g/mol. The standard InChI is InChI=1S/C19H23N5O2/c25-18(15-6-2-3-9-20-15)22-14-7-8-17-21-12-16(24(17)13-14)19(26)23-10-4-1-5-11-23/h2-3,6,9,12,14H,1,4-5,7-8,10-11,13H2,(H,22,25). The van der Waals surface area contributed by atoms with Crippen LogP contribution in [0.5, 0.6) is 0 Å². The zero-order valence-electron chi connectivity index (χ0n) is 14.7. The van der Waals surface area contributed by atoms with Crippen LogP contribution in [0.15, 0.2) is 30.6 Å². The van der Waals surface area contributed by atoms with E-state index in [4.69, 9.17) is 0 Å². The SMILES string of the molecule is O=C(NC1CCc2ncc(C(=O)N3CCCCC3)n2C1)c1ccccn1.